The van der Waals surface area contributed by atoms with E-state index in [0.29, 0.717) is 12.5 Å². The second-order valence-electron chi connectivity index (χ2n) is 4.68. The molecule has 108 valence electrons. The lowest BCUT2D eigenvalue weighted by Gasteiger charge is -2.15. The van der Waals surface area contributed by atoms with E-state index in [1.807, 2.05) is 24.3 Å². The van der Waals surface area contributed by atoms with E-state index >= 15 is 0 Å². The third-order valence-corrected chi connectivity index (χ3v) is 3.50. The van der Waals surface area contributed by atoms with Crippen LogP contribution in [0.2, 0.25) is 0 Å². The van der Waals surface area contributed by atoms with Gasteiger partial charge in [-0.1, -0.05) is 35.3 Å². The molecule has 0 spiro atoms. The van der Waals surface area contributed by atoms with Crippen LogP contribution in [-0.4, -0.2) is 31.4 Å². The first-order valence-corrected chi connectivity index (χ1v) is 7.75. The van der Waals surface area contributed by atoms with Crippen LogP contribution in [0.4, 0.5) is 0 Å². The average Bonchev–Trinajstić information content (AvgIpc) is 2.39. The highest BCUT2D eigenvalue weighted by atomic mass is 79.9. The lowest BCUT2D eigenvalue weighted by atomic mass is 10.0. The van der Waals surface area contributed by atoms with Crippen LogP contribution in [0.15, 0.2) is 28.7 Å². The van der Waals surface area contributed by atoms with E-state index in [9.17, 15) is 0 Å². The van der Waals surface area contributed by atoms with Gasteiger partial charge >= 0.3 is 0 Å². The van der Waals surface area contributed by atoms with E-state index in [0.717, 1.165) is 29.7 Å². The third kappa shape index (κ3) is 7.55. The number of ether oxygens (including phenoxy) is 1. The Balaban J connectivity index is 2.13. The molecule has 1 rings (SSSR count). The number of aliphatic hydroxyl groups is 1. The van der Waals surface area contributed by atoms with Gasteiger partial charge in [0.1, 0.15) is 12.4 Å². The first-order valence-electron chi connectivity index (χ1n) is 6.96. The first kappa shape index (κ1) is 16.5. The number of hydrogen-bond acceptors (Lipinski definition) is 3. The zero-order valence-corrected chi connectivity index (χ0v) is 13.2. The van der Waals surface area contributed by atoms with Gasteiger partial charge in [-0.3, -0.25) is 0 Å². The monoisotopic (exact) mass is 329 g/mol. The molecule has 1 aromatic rings. The average molecular weight is 330 g/mol. The molecule has 0 bridgehead atoms. The second-order valence-corrected chi connectivity index (χ2v) is 5.59. The Hall–Kier alpha value is -0.580. The van der Waals surface area contributed by atoms with Crippen LogP contribution in [0.1, 0.15) is 26.2 Å². The van der Waals surface area contributed by atoms with E-state index in [1.165, 1.54) is 12.8 Å². The van der Waals surface area contributed by atoms with Gasteiger partial charge in [0.2, 0.25) is 0 Å². The Kier molecular flexibility index (Phi) is 8.88. The minimum Gasteiger partial charge on any atom is -0.492 e. The van der Waals surface area contributed by atoms with Gasteiger partial charge in [0, 0.05) is 17.6 Å². The Morgan fingerprint density at radius 3 is 2.89 bits per heavy atom. The second kappa shape index (κ2) is 10.2. The lowest BCUT2D eigenvalue weighted by molar-refractivity contribution is 0.244. The predicted octanol–water partition coefficient (Wildman–Crippen LogP) is 3.22. The molecule has 4 heteroatoms. The number of rotatable bonds is 10. The maximum atomic E-state index is 8.98. The highest BCUT2D eigenvalue weighted by Gasteiger charge is 2.06. The van der Waals surface area contributed by atoms with E-state index in [4.69, 9.17) is 9.84 Å². The summed E-state index contributed by atoms with van der Waals surface area (Å²) in [7, 11) is 0. The smallest absolute Gasteiger partial charge is 0.120 e. The quantitative estimate of drug-likeness (QED) is 0.647. The van der Waals surface area contributed by atoms with Gasteiger partial charge < -0.3 is 15.2 Å². The van der Waals surface area contributed by atoms with E-state index < -0.39 is 0 Å². The van der Waals surface area contributed by atoms with Crippen LogP contribution in [0.25, 0.3) is 0 Å². The number of nitrogens with one attached hydrogen (secondary N) is 1. The summed E-state index contributed by atoms with van der Waals surface area (Å²) in [6.45, 7) is 4.91. The standard InChI is InChI=1S/C15H24BrNO2/c1-2-4-13(7-9-18)12-17-8-10-19-15-6-3-5-14(16)11-15/h3,5-6,11,13,17-18H,2,4,7-10,12H2,1H3. The first-order chi connectivity index (χ1) is 9.26. The van der Waals surface area contributed by atoms with Crippen molar-refractivity contribution in [3.8, 4) is 5.75 Å². The number of hydrogen-bond donors (Lipinski definition) is 2. The van der Waals surface area contributed by atoms with Gasteiger partial charge in [-0.2, -0.15) is 0 Å². The van der Waals surface area contributed by atoms with E-state index in [1.54, 1.807) is 0 Å². The fourth-order valence-electron chi connectivity index (χ4n) is 2.04. The van der Waals surface area contributed by atoms with Crippen molar-refractivity contribution in [3.63, 3.8) is 0 Å². The Labute approximate surface area is 124 Å². The molecule has 0 aliphatic rings. The fraction of sp³-hybridized carbons (Fsp3) is 0.600. The van der Waals surface area contributed by atoms with Crippen LogP contribution >= 0.6 is 15.9 Å². The molecule has 1 unspecified atom stereocenters. The van der Waals surface area contributed by atoms with Crippen molar-refractivity contribution in [3.05, 3.63) is 28.7 Å². The summed E-state index contributed by atoms with van der Waals surface area (Å²) in [5.41, 5.74) is 0. The van der Waals surface area contributed by atoms with Crippen molar-refractivity contribution in [2.45, 2.75) is 26.2 Å². The summed E-state index contributed by atoms with van der Waals surface area (Å²) in [5.74, 6) is 1.46. The molecule has 1 atom stereocenters. The normalized spacial score (nSPS) is 12.4. The fourth-order valence-corrected chi connectivity index (χ4v) is 2.42. The van der Waals surface area contributed by atoms with Crippen molar-refractivity contribution in [2.75, 3.05) is 26.3 Å². The molecule has 19 heavy (non-hydrogen) atoms. The maximum absolute atomic E-state index is 8.98. The summed E-state index contributed by atoms with van der Waals surface area (Å²) < 4.78 is 6.68. The zero-order valence-electron chi connectivity index (χ0n) is 11.6. The number of halogens is 1. The summed E-state index contributed by atoms with van der Waals surface area (Å²) >= 11 is 3.42. The van der Waals surface area contributed by atoms with Crippen LogP contribution in [0.5, 0.6) is 5.75 Å². The number of aliphatic hydroxyl groups excluding tert-OH is 1. The minimum atomic E-state index is 0.279. The molecule has 2 N–H and O–H groups in total. The Bertz CT molecular complexity index is 341. The predicted molar refractivity (Wildman–Crippen MR) is 82.6 cm³/mol. The highest BCUT2D eigenvalue weighted by Crippen LogP contribution is 2.17. The van der Waals surface area contributed by atoms with Crippen molar-refractivity contribution in [1.29, 1.82) is 0 Å². The lowest BCUT2D eigenvalue weighted by Crippen LogP contribution is -2.27. The molecule has 0 aliphatic carbocycles. The highest BCUT2D eigenvalue weighted by molar-refractivity contribution is 9.10. The number of benzene rings is 1. The van der Waals surface area contributed by atoms with Gasteiger partial charge in [-0.25, -0.2) is 0 Å². The van der Waals surface area contributed by atoms with E-state index in [-0.39, 0.29) is 6.61 Å². The van der Waals surface area contributed by atoms with Crippen LogP contribution < -0.4 is 10.1 Å². The Morgan fingerprint density at radius 1 is 1.37 bits per heavy atom. The van der Waals surface area contributed by atoms with Crippen LogP contribution in [0.3, 0.4) is 0 Å². The van der Waals surface area contributed by atoms with Crippen molar-refractivity contribution in [2.24, 2.45) is 5.92 Å². The molecule has 0 fully saturated rings. The largest absolute Gasteiger partial charge is 0.492 e. The van der Waals surface area contributed by atoms with Gasteiger partial charge in [0.25, 0.3) is 0 Å². The van der Waals surface area contributed by atoms with E-state index in [2.05, 4.69) is 28.2 Å². The molecule has 0 saturated carbocycles. The molecule has 0 aromatic heterocycles. The zero-order chi connectivity index (χ0) is 13.9. The maximum Gasteiger partial charge on any atom is 0.120 e. The molecular weight excluding hydrogens is 306 g/mol. The Morgan fingerprint density at radius 2 is 2.21 bits per heavy atom. The topological polar surface area (TPSA) is 41.5 Å². The van der Waals surface area contributed by atoms with Crippen molar-refractivity contribution >= 4 is 15.9 Å². The SMILES string of the molecule is CCCC(CCO)CNCCOc1cccc(Br)c1. The van der Waals surface area contributed by atoms with Crippen molar-refractivity contribution < 1.29 is 9.84 Å². The van der Waals surface area contributed by atoms with Gasteiger partial charge in [-0.15, -0.1) is 0 Å². The van der Waals surface area contributed by atoms with Gasteiger partial charge in [0.05, 0.1) is 0 Å². The molecule has 1 aromatic carbocycles. The van der Waals surface area contributed by atoms with Crippen LogP contribution in [-0.2, 0) is 0 Å². The summed E-state index contributed by atoms with van der Waals surface area (Å²) in [6.07, 6.45) is 3.22. The molecule has 3 nitrogen and oxygen atoms in total. The van der Waals surface area contributed by atoms with Gasteiger partial charge in [-0.05, 0) is 43.5 Å². The van der Waals surface area contributed by atoms with Gasteiger partial charge in [0.15, 0.2) is 0 Å². The molecular formula is C15H24BrNO2. The van der Waals surface area contributed by atoms with Crippen LogP contribution in [0, 0.1) is 5.92 Å². The summed E-state index contributed by atoms with van der Waals surface area (Å²) in [5, 5.41) is 12.4. The molecule has 0 radical (unpaired) electrons. The third-order valence-electron chi connectivity index (χ3n) is 3.01. The van der Waals surface area contributed by atoms with Crippen molar-refractivity contribution in [1.82, 2.24) is 5.32 Å². The summed E-state index contributed by atoms with van der Waals surface area (Å²) in [6, 6.07) is 7.86. The minimum absolute atomic E-state index is 0.279. The molecule has 0 heterocycles. The molecule has 0 aliphatic heterocycles. The summed E-state index contributed by atoms with van der Waals surface area (Å²) in [4.78, 5) is 0. The molecule has 0 saturated heterocycles. The molecule has 0 amide bonds.